The monoisotopic (exact) mass is 448 g/mol. The fourth-order valence-electron chi connectivity index (χ4n) is 3.46. The lowest BCUT2D eigenvalue weighted by molar-refractivity contribution is -0.277. The van der Waals surface area contributed by atoms with Crippen LogP contribution in [0.3, 0.4) is 0 Å². The van der Waals surface area contributed by atoms with Crippen LogP contribution in [0, 0.1) is 0 Å². The van der Waals surface area contributed by atoms with Gasteiger partial charge in [0.15, 0.2) is 11.5 Å². The molecule has 1 aliphatic heterocycles. The van der Waals surface area contributed by atoms with Crippen molar-refractivity contribution in [1.29, 1.82) is 0 Å². The molecule has 1 aliphatic rings. The van der Waals surface area contributed by atoms with E-state index in [9.17, 15) is 40.5 Å². The fourth-order valence-corrected chi connectivity index (χ4v) is 3.46. The minimum absolute atomic E-state index is 0.0192. The van der Waals surface area contributed by atoms with Gasteiger partial charge in [0.1, 0.15) is 53.1 Å². The Morgan fingerprint density at radius 3 is 2.34 bits per heavy atom. The molecular formula is C21H20O11. The molecule has 2 heterocycles. The Balaban J connectivity index is 1.69. The molecule has 2 aromatic carbocycles. The predicted octanol–water partition coefficient (Wildman–Crippen LogP) is -0.245. The number of hydrogen-bond acceptors (Lipinski definition) is 11. The number of ether oxygens (including phenoxy) is 2. The summed E-state index contributed by atoms with van der Waals surface area (Å²) in [7, 11) is 0. The van der Waals surface area contributed by atoms with Gasteiger partial charge in [-0.15, -0.1) is 0 Å². The molecule has 0 spiro atoms. The summed E-state index contributed by atoms with van der Waals surface area (Å²) >= 11 is 0. The molecule has 32 heavy (non-hydrogen) atoms. The molecule has 0 radical (unpaired) electrons. The summed E-state index contributed by atoms with van der Waals surface area (Å²) in [6.45, 7) is -0.641. The second kappa shape index (κ2) is 8.30. The van der Waals surface area contributed by atoms with Gasteiger partial charge in [0.25, 0.3) is 0 Å². The highest BCUT2D eigenvalue weighted by atomic mass is 16.7. The van der Waals surface area contributed by atoms with Crippen molar-refractivity contribution in [2.45, 2.75) is 30.7 Å². The maximum Gasteiger partial charge on any atom is 0.229 e. The van der Waals surface area contributed by atoms with Crippen LogP contribution in [0.5, 0.6) is 23.0 Å². The van der Waals surface area contributed by atoms with Gasteiger partial charge in [-0.2, -0.15) is 0 Å². The number of phenolic OH excluding ortho intramolecular Hbond substituents is 3. The van der Waals surface area contributed by atoms with Crippen molar-refractivity contribution in [3.05, 3.63) is 46.8 Å². The molecule has 1 aromatic heterocycles. The molecule has 11 heteroatoms. The van der Waals surface area contributed by atoms with Gasteiger partial charge in [-0.25, -0.2) is 0 Å². The number of fused-ring (bicyclic) bond motifs is 1. The van der Waals surface area contributed by atoms with E-state index in [0.29, 0.717) is 0 Å². The van der Waals surface area contributed by atoms with Crippen LogP contribution in [0.1, 0.15) is 0 Å². The van der Waals surface area contributed by atoms with Crippen molar-refractivity contribution in [2.24, 2.45) is 0 Å². The van der Waals surface area contributed by atoms with Crippen LogP contribution in [0.4, 0.5) is 0 Å². The van der Waals surface area contributed by atoms with E-state index in [-0.39, 0.29) is 33.6 Å². The van der Waals surface area contributed by atoms with Crippen LogP contribution in [0.25, 0.3) is 22.1 Å². The third-order valence-corrected chi connectivity index (χ3v) is 5.22. The first-order valence-corrected chi connectivity index (χ1v) is 9.49. The molecule has 5 unspecified atom stereocenters. The largest absolute Gasteiger partial charge is 0.507 e. The minimum Gasteiger partial charge on any atom is -0.507 e. The van der Waals surface area contributed by atoms with Crippen molar-refractivity contribution >= 4 is 11.0 Å². The molecule has 7 N–H and O–H groups in total. The van der Waals surface area contributed by atoms with Crippen LogP contribution in [-0.2, 0) is 4.74 Å². The summed E-state index contributed by atoms with van der Waals surface area (Å²) in [5, 5.41) is 68.4. The first-order valence-electron chi connectivity index (χ1n) is 9.49. The van der Waals surface area contributed by atoms with Gasteiger partial charge < -0.3 is 49.6 Å². The van der Waals surface area contributed by atoms with E-state index < -0.39 is 54.2 Å². The molecular weight excluding hydrogens is 428 g/mol. The van der Waals surface area contributed by atoms with Gasteiger partial charge in [-0.3, -0.25) is 4.79 Å². The van der Waals surface area contributed by atoms with E-state index in [4.69, 9.17) is 13.9 Å². The Morgan fingerprint density at radius 1 is 0.906 bits per heavy atom. The average molecular weight is 448 g/mol. The smallest absolute Gasteiger partial charge is 0.229 e. The number of benzene rings is 2. The number of rotatable bonds is 4. The van der Waals surface area contributed by atoms with Crippen LogP contribution in [0.2, 0.25) is 0 Å². The summed E-state index contributed by atoms with van der Waals surface area (Å²) in [5.74, 6) is -1.40. The van der Waals surface area contributed by atoms with Gasteiger partial charge in [0.2, 0.25) is 11.7 Å². The Labute approximate surface area is 179 Å². The lowest BCUT2D eigenvalue weighted by Gasteiger charge is -2.39. The van der Waals surface area contributed by atoms with Crippen LogP contribution < -0.4 is 10.2 Å². The van der Waals surface area contributed by atoms with E-state index in [1.165, 1.54) is 24.3 Å². The Morgan fingerprint density at radius 2 is 1.66 bits per heavy atom. The van der Waals surface area contributed by atoms with Crippen LogP contribution in [-0.4, -0.2) is 73.1 Å². The van der Waals surface area contributed by atoms with E-state index in [2.05, 4.69) is 0 Å². The molecule has 0 bridgehead atoms. The van der Waals surface area contributed by atoms with Crippen molar-refractivity contribution in [2.75, 3.05) is 6.61 Å². The summed E-state index contributed by atoms with van der Waals surface area (Å²) in [4.78, 5) is 12.9. The molecule has 1 saturated heterocycles. The zero-order chi connectivity index (χ0) is 23.2. The third kappa shape index (κ3) is 3.72. The molecule has 0 amide bonds. The highest BCUT2D eigenvalue weighted by Crippen LogP contribution is 2.34. The van der Waals surface area contributed by atoms with E-state index in [0.717, 1.165) is 12.3 Å². The van der Waals surface area contributed by atoms with Crippen molar-refractivity contribution in [3.8, 4) is 34.1 Å². The first kappa shape index (κ1) is 21.9. The van der Waals surface area contributed by atoms with Crippen molar-refractivity contribution < 1.29 is 49.6 Å². The molecule has 5 atom stereocenters. The van der Waals surface area contributed by atoms with Gasteiger partial charge in [0, 0.05) is 12.1 Å². The molecule has 4 rings (SSSR count). The minimum atomic E-state index is -1.66. The molecule has 11 nitrogen and oxygen atoms in total. The molecule has 3 aromatic rings. The maximum absolute atomic E-state index is 12.9. The SMILES string of the molecule is O=c1c(-c2ccc(O)c(O)c2)coc2cc(OC3OC(CO)C(O)C(O)C3O)cc(O)c12. The highest BCUT2D eigenvalue weighted by molar-refractivity contribution is 5.88. The molecule has 0 saturated carbocycles. The first-order chi connectivity index (χ1) is 15.2. The normalized spacial score (nSPS) is 25.7. The summed E-state index contributed by atoms with van der Waals surface area (Å²) < 4.78 is 16.2. The number of aliphatic hydroxyl groups is 4. The van der Waals surface area contributed by atoms with E-state index in [1.807, 2.05) is 0 Å². The Kier molecular flexibility index (Phi) is 5.67. The van der Waals surface area contributed by atoms with Gasteiger partial charge in [-0.05, 0) is 17.7 Å². The standard InChI is InChI=1S/C21H20O11/c22-6-15-18(27)19(28)20(29)21(32-15)31-9-4-13(25)16-14(5-9)30-7-10(17(16)26)8-1-2-11(23)12(24)3-8/h1-5,7,15,18-25,27-29H,6H2. The number of hydrogen-bond donors (Lipinski definition) is 7. The molecule has 0 aliphatic carbocycles. The zero-order valence-corrected chi connectivity index (χ0v) is 16.3. The zero-order valence-electron chi connectivity index (χ0n) is 16.3. The van der Waals surface area contributed by atoms with Crippen molar-refractivity contribution in [1.82, 2.24) is 0 Å². The lowest BCUT2D eigenvalue weighted by atomic mass is 9.99. The fraction of sp³-hybridized carbons (Fsp3) is 0.286. The van der Waals surface area contributed by atoms with Crippen LogP contribution >= 0.6 is 0 Å². The van der Waals surface area contributed by atoms with E-state index in [1.54, 1.807) is 0 Å². The molecule has 1 fully saturated rings. The quantitative estimate of drug-likeness (QED) is 0.261. The lowest BCUT2D eigenvalue weighted by Crippen LogP contribution is -2.60. The number of aliphatic hydroxyl groups excluding tert-OH is 4. The third-order valence-electron chi connectivity index (χ3n) is 5.22. The Hall–Kier alpha value is -3.35. The number of aromatic hydroxyl groups is 3. The van der Waals surface area contributed by atoms with Gasteiger partial charge in [0.05, 0.1) is 12.2 Å². The van der Waals surface area contributed by atoms with Gasteiger partial charge >= 0.3 is 0 Å². The Bertz CT molecular complexity index is 1200. The topological polar surface area (TPSA) is 190 Å². The second-order valence-corrected chi connectivity index (χ2v) is 7.31. The number of phenols is 3. The summed E-state index contributed by atoms with van der Waals surface area (Å²) in [6, 6.07) is 6.07. The predicted molar refractivity (Wildman–Crippen MR) is 107 cm³/mol. The van der Waals surface area contributed by atoms with Crippen LogP contribution in [0.15, 0.2) is 45.8 Å². The van der Waals surface area contributed by atoms with Gasteiger partial charge in [-0.1, -0.05) is 6.07 Å². The maximum atomic E-state index is 12.9. The average Bonchev–Trinajstić information content (AvgIpc) is 2.76. The second-order valence-electron chi connectivity index (χ2n) is 7.31. The summed E-state index contributed by atoms with van der Waals surface area (Å²) in [5.41, 5.74) is -0.419. The summed E-state index contributed by atoms with van der Waals surface area (Å²) in [6.07, 6.45) is -6.45. The highest BCUT2D eigenvalue weighted by Gasteiger charge is 2.44. The van der Waals surface area contributed by atoms with Crippen molar-refractivity contribution in [3.63, 3.8) is 0 Å². The van der Waals surface area contributed by atoms with E-state index >= 15 is 0 Å². The molecule has 170 valence electrons.